The van der Waals surface area contributed by atoms with E-state index in [1.54, 1.807) is 0 Å². The van der Waals surface area contributed by atoms with Crippen LogP contribution in [0.3, 0.4) is 0 Å². The fourth-order valence-corrected chi connectivity index (χ4v) is 1.59. The Balaban J connectivity index is 3.37. The molecule has 4 nitrogen and oxygen atoms in total. The first-order valence-electron chi connectivity index (χ1n) is 3.79. The molecule has 0 atom stereocenters. The van der Waals surface area contributed by atoms with Gasteiger partial charge in [-0.15, -0.1) is 0 Å². The summed E-state index contributed by atoms with van der Waals surface area (Å²) in [6, 6.07) is 1.03. The molecular weight excluding hydrogens is 274 g/mol. The van der Waals surface area contributed by atoms with Gasteiger partial charge in [0.25, 0.3) is 12.3 Å². The largest absolute Gasteiger partial charge is 0.480 e. The van der Waals surface area contributed by atoms with Crippen LogP contribution in [0.15, 0.2) is 10.5 Å². The van der Waals surface area contributed by atoms with Crippen molar-refractivity contribution < 1.29 is 18.3 Å². The average Bonchev–Trinajstić information content (AvgIpc) is 2.15. The van der Waals surface area contributed by atoms with Crippen LogP contribution in [-0.2, 0) is 0 Å². The van der Waals surface area contributed by atoms with Gasteiger partial charge in [0.05, 0.1) is 7.11 Å². The number of hydrogen-bond donors (Lipinski definition) is 1. The van der Waals surface area contributed by atoms with Crippen molar-refractivity contribution in [3.63, 3.8) is 0 Å². The van der Waals surface area contributed by atoms with Crippen molar-refractivity contribution in [2.75, 3.05) is 7.11 Å². The van der Waals surface area contributed by atoms with E-state index >= 15 is 0 Å². The number of methoxy groups -OCH3 is 1. The van der Waals surface area contributed by atoms with Crippen LogP contribution in [-0.4, -0.2) is 18.0 Å². The molecule has 0 radical (unpaired) electrons. The lowest BCUT2D eigenvalue weighted by Crippen LogP contribution is -2.15. The Labute approximate surface area is 92.6 Å². The lowest BCUT2D eigenvalue weighted by atomic mass is 10.2. The highest BCUT2D eigenvalue weighted by molar-refractivity contribution is 9.10. The number of nitrogens with zero attached hydrogens (tertiary/aromatic N) is 1. The monoisotopic (exact) mass is 280 g/mol. The number of carbonyl (C=O) groups is 1. The van der Waals surface area contributed by atoms with Gasteiger partial charge in [-0.05, 0) is 22.0 Å². The van der Waals surface area contributed by atoms with Crippen LogP contribution in [0.5, 0.6) is 5.88 Å². The quantitative estimate of drug-likeness (QED) is 0.920. The van der Waals surface area contributed by atoms with Crippen molar-refractivity contribution in [3.05, 3.63) is 21.8 Å². The highest BCUT2D eigenvalue weighted by Gasteiger charge is 2.20. The topological polar surface area (TPSA) is 65.2 Å². The lowest BCUT2D eigenvalue weighted by molar-refractivity contribution is 0.0994. The molecule has 7 heteroatoms. The van der Waals surface area contributed by atoms with Gasteiger partial charge in [0.2, 0.25) is 5.88 Å². The summed E-state index contributed by atoms with van der Waals surface area (Å²) in [6.45, 7) is 0. The molecule has 0 aliphatic heterocycles. The number of halogens is 3. The Morgan fingerprint density at radius 1 is 1.67 bits per heavy atom. The van der Waals surface area contributed by atoms with Crippen molar-refractivity contribution in [2.24, 2.45) is 5.73 Å². The molecule has 1 aromatic rings. The van der Waals surface area contributed by atoms with Crippen LogP contribution in [0.4, 0.5) is 8.78 Å². The molecule has 82 valence electrons. The smallest absolute Gasteiger partial charge is 0.280 e. The Morgan fingerprint density at radius 2 is 2.27 bits per heavy atom. The number of carbonyl (C=O) groups excluding carboxylic acids is 1. The molecule has 0 fully saturated rings. The number of nitrogens with two attached hydrogens (primary N) is 1. The SMILES string of the molecule is COc1nc(C(F)F)cc(Br)c1C(N)=O. The molecule has 0 saturated carbocycles. The zero-order valence-electron chi connectivity index (χ0n) is 7.63. The van der Waals surface area contributed by atoms with Gasteiger partial charge in [-0.25, -0.2) is 13.8 Å². The third kappa shape index (κ3) is 2.41. The second-order valence-corrected chi connectivity index (χ2v) is 3.43. The van der Waals surface area contributed by atoms with Crippen LogP contribution in [0.2, 0.25) is 0 Å². The summed E-state index contributed by atoms with van der Waals surface area (Å²) in [5, 5.41) is 0. The van der Waals surface area contributed by atoms with Crippen molar-refractivity contribution in [1.82, 2.24) is 4.98 Å². The first-order valence-corrected chi connectivity index (χ1v) is 4.59. The number of rotatable bonds is 3. The van der Waals surface area contributed by atoms with Gasteiger partial charge in [0, 0.05) is 4.47 Å². The Morgan fingerprint density at radius 3 is 2.67 bits per heavy atom. The molecule has 1 rings (SSSR count). The molecule has 15 heavy (non-hydrogen) atoms. The van der Waals surface area contributed by atoms with Crippen LogP contribution >= 0.6 is 15.9 Å². The number of alkyl halides is 2. The maximum atomic E-state index is 12.3. The summed E-state index contributed by atoms with van der Waals surface area (Å²) >= 11 is 2.95. The normalized spacial score (nSPS) is 10.5. The molecule has 1 aromatic heterocycles. The molecular formula is C8H7BrF2N2O2. The van der Waals surface area contributed by atoms with Crippen LogP contribution in [0.1, 0.15) is 22.5 Å². The molecule has 0 aliphatic rings. The van der Waals surface area contributed by atoms with Gasteiger partial charge >= 0.3 is 0 Å². The zero-order valence-corrected chi connectivity index (χ0v) is 9.22. The number of hydrogen-bond acceptors (Lipinski definition) is 3. The van der Waals surface area contributed by atoms with Crippen molar-refractivity contribution in [2.45, 2.75) is 6.43 Å². The summed E-state index contributed by atoms with van der Waals surface area (Å²) in [6.07, 6.45) is -2.74. The summed E-state index contributed by atoms with van der Waals surface area (Å²) < 4.78 is 29.5. The minimum Gasteiger partial charge on any atom is -0.480 e. The Bertz CT molecular complexity index is 398. The Kier molecular flexibility index (Phi) is 3.57. The number of primary amides is 1. The molecule has 1 heterocycles. The van der Waals surface area contributed by atoms with Gasteiger partial charge < -0.3 is 10.5 Å². The van der Waals surface area contributed by atoms with E-state index in [-0.39, 0.29) is 15.9 Å². The third-order valence-electron chi connectivity index (χ3n) is 1.62. The highest BCUT2D eigenvalue weighted by Crippen LogP contribution is 2.29. The number of pyridine rings is 1. The van der Waals surface area contributed by atoms with E-state index in [9.17, 15) is 13.6 Å². The van der Waals surface area contributed by atoms with Crippen LogP contribution in [0, 0.1) is 0 Å². The van der Waals surface area contributed by atoms with Gasteiger partial charge in [-0.3, -0.25) is 4.79 Å². The van der Waals surface area contributed by atoms with Gasteiger partial charge in [0.15, 0.2) is 0 Å². The predicted molar refractivity (Wildman–Crippen MR) is 52.0 cm³/mol. The maximum absolute atomic E-state index is 12.3. The minimum atomic E-state index is -2.74. The molecule has 0 aliphatic carbocycles. The molecule has 0 aromatic carbocycles. The summed E-state index contributed by atoms with van der Waals surface area (Å²) in [5.41, 5.74) is 4.50. The van der Waals surface area contributed by atoms with E-state index < -0.39 is 18.0 Å². The van der Waals surface area contributed by atoms with Crippen LogP contribution < -0.4 is 10.5 Å². The third-order valence-corrected chi connectivity index (χ3v) is 2.25. The zero-order chi connectivity index (χ0) is 11.6. The first-order chi connectivity index (χ1) is 6.97. The lowest BCUT2D eigenvalue weighted by Gasteiger charge is -2.08. The second kappa shape index (κ2) is 4.52. The van der Waals surface area contributed by atoms with Crippen molar-refractivity contribution in [1.29, 1.82) is 0 Å². The fraction of sp³-hybridized carbons (Fsp3) is 0.250. The van der Waals surface area contributed by atoms with Gasteiger partial charge in [-0.1, -0.05) is 0 Å². The second-order valence-electron chi connectivity index (χ2n) is 2.58. The van der Waals surface area contributed by atoms with E-state index in [0.29, 0.717) is 0 Å². The fourth-order valence-electron chi connectivity index (χ4n) is 0.992. The molecule has 0 saturated heterocycles. The highest BCUT2D eigenvalue weighted by atomic mass is 79.9. The summed E-state index contributed by atoms with van der Waals surface area (Å²) in [5.74, 6) is -1.01. The predicted octanol–water partition coefficient (Wildman–Crippen LogP) is 1.89. The van der Waals surface area contributed by atoms with Gasteiger partial charge in [0.1, 0.15) is 11.3 Å². The number of ether oxygens (including phenoxy) is 1. The standard InChI is InChI=1S/C8H7BrF2N2O2/c1-15-8-5(7(12)14)3(9)2-4(13-8)6(10)11/h2,6H,1H3,(H2,12,14). The molecule has 0 unspecified atom stereocenters. The molecule has 0 spiro atoms. The summed E-state index contributed by atoms with van der Waals surface area (Å²) in [7, 11) is 1.22. The van der Waals surface area contributed by atoms with Gasteiger partial charge in [-0.2, -0.15) is 0 Å². The van der Waals surface area contributed by atoms with Crippen LogP contribution in [0.25, 0.3) is 0 Å². The van der Waals surface area contributed by atoms with E-state index in [0.717, 1.165) is 6.07 Å². The van der Waals surface area contributed by atoms with E-state index in [1.807, 2.05) is 0 Å². The first kappa shape index (κ1) is 11.8. The maximum Gasteiger partial charge on any atom is 0.280 e. The van der Waals surface area contributed by atoms with E-state index in [2.05, 4.69) is 20.9 Å². The van der Waals surface area contributed by atoms with E-state index in [4.69, 9.17) is 10.5 Å². The molecule has 2 N–H and O–H groups in total. The van der Waals surface area contributed by atoms with E-state index in [1.165, 1.54) is 7.11 Å². The minimum absolute atomic E-state index is 0.0538. The van der Waals surface area contributed by atoms with Crippen molar-refractivity contribution in [3.8, 4) is 5.88 Å². The average molecular weight is 281 g/mol. The van der Waals surface area contributed by atoms with Crippen molar-refractivity contribution >= 4 is 21.8 Å². The Hall–Kier alpha value is -1.24. The summed E-state index contributed by atoms with van der Waals surface area (Å²) in [4.78, 5) is 14.4. The number of aromatic nitrogens is 1. The number of amides is 1. The molecule has 1 amide bonds. The molecule has 0 bridgehead atoms.